The number of hydrogen-bond donors (Lipinski definition) is 2. The quantitative estimate of drug-likeness (QED) is 0.850. The summed E-state index contributed by atoms with van der Waals surface area (Å²) in [7, 11) is 0. The number of anilines is 1. The van der Waals surface area contributed by atoms with Gasteiger partial charge in [-0.1, -0.05) is 30.7 Å². The van der Waals surface area contributed by atoms with Crippen LogP contribution in [0.3, 0.4) is 0 Å². The fourth-order valence-corrected chi connectivity index (χ4v) is 2.05. The average molecular weight is 239 g/mol. The Kier molecular flexibility index (Phi) is 3.17. The van der Waals surface area contributed by atoms with Crippen LogP contribution in [0.15, 0.2) is 18.2 Å². The van der Waals surface area contributed by atoms with Crippen molar-refractivity contribution in [1.29, 1.82) is 0 Å². The minimum Gasteiger partial charge on any atom is -0.323 e. The Morgan fingerprint density at radius 1 is 1.56 bits per heavy atom. The summed E-state index contributed by atoms with van der Waals surface area (Å²) < 4.78 is 0. The van der Waals surface area contributed by atoms with Gasteiger partial charge in [0, 0.05) is 11.6 Å². The summed E-state index contributed by atoms with van der Waals surface area (Å²) in [5.74, 6) is -0.0246. The smallest absolute Gasteiger partial charge is 0.246 e. The fraction of sp³-hybridized carbons (Fsp3) is 0.417. The van der Waals surface area contributed by atoms with Gasteiger partial charge in [-0.15, -0.1) is 0 Å². The Morgan fingerprint density at radius 3 is 3.00 bits per heavy atom. The highest BCUT2D eigenvalue weighted by Gasteiger charge is 2.32. The molecule has 0 aliphatic carbocycles. The predicted octanol–water partition coefficient (Wildman–Crippen LogP) is 2.72. The SMILES string of the molecule is CCC(C)NC1C(=O)Nc2c(Cl)cccc21. The number of amides is 1. The summed E-state index contributed by atoms with van der Waals surface area (Å²) in [6, 6.07) is 5.61. The van der Waals surface area contributed by atoms with Gasteiger partial charge in [0.15, 0.2) is 0 Å². The van der Waals surface area contributed by atoms with E-state index in [2.05, 4.69) is 24.5 Å². The van der Waals surface area contributed by atoms with Gasteiger partial charge in [-0.2, -0.15) is 0 Å². The number of para-hydroxylation sites is 1. The van der Waals surface area contributed by atoms with Gasteiger partial charge in [-0.25, -0.2) is 0 Å². The van der Waals surface area contributed by atoms with Gasteiger partial charge in [0.1, 0.15) is 6.04 Å². The van der Waals surface area contributed by atoms with Gasteiger partial charge in [0.25, 0.3) is 0 Å². The first-order chi connectivity index (χ1) is 7.63. The molecule has 1 aliphatic rings. The third-order valence-electron chi connectivity index (χ3n) is 2.93. The average Bonchev–Trinajstić information content (AvgIpc) is 2.58. The van der Waals surface area contributed by atoms with Crippen molar-refractivity contribution in [3.05, 3.63) is 28.8 Å². The van der Waals surface area contributed by atoms with Crippen molar-refractivity contribution in [2.24, 2.45) is 0 Å². The molecule has 16 heavy (non-hydrogen) atoms. The monoisotopic (exact) mass is 238 g/mol. The van der Waals surface area contributed by atoms with Crippen LogP contribution in [0.25, 0.3) is 0 Å². The molecule has 0 bridgehead atoms. The van der Waals surface area contributed by atoms with E-state index >= 15 is 0 Å². The van der Waals surface area contributed by atoms with Crippen molar-refractivity contribution < 1.29 is 4.79 Å². The van der Waals surface area contributed by atoms with Crippen LogP contribution < -0.4 is 10.6 Å². The lowest BCUT2D eigenvalue weighted by Crippen LogP contribution is -2.34. The zero-order chi connectivity index (χ0) is 11.7. The van der Waals surface area contributed by atoms with Crippen molar-refractivity contribution in [1.82, 2.24) is 5.32 Å². The van der Waals surface area contributed by atoms with Crippen molar-refractivity contribution in [3.8, 4) is 0 Å². The number of rotatable bonds is 3. The maximum Gasteiger partial charge on any atom is 0.246 e. The molecule has 0 aromatic heterocycles. The van der Waals surface area contributed by atoms with Gasteiger partial charge in [0.2, 0.25) is 5.91 Å². The number of benzene rings is 1. The summed E-state index contributed by atoms with van der Waals surface area (Å²) >= 11 is 6.03. The fourth-order valence-electron chi connectivity index (χ4n) is 1.82. The van der Waals surface area contributed by atoms with E-state index in [0.29, 0.717) is 11.1 Å². The third kappa shape index (κ3) is 1.93. The van der Waals surface area contributed by atoms with E-state index in [1.165, 1.54) is 0 Å². The Balaban J connectivity index is 2.29. The van der Waals surface area contributed by atoms with Gasteiger partial charge < -0.3 is 5.32 Å². The lowest BCUT2D eigenvalue weighted by atomic mass is 10.1. The summed E-state index contributed by atoms with van der Waals surface area (Å²) in [5.41, 5.74) is 1.69. The molecule has 0 radical (unpaired) electrons. The molecule has 0 saturated carbocycles. The Hall–Kier alpha value is -1.06. The van der Waals surface area contributed by atoms with Crippen LogP contribution in [0.4, 0.5) is 5.69 Å². The number of carbonyl (C=O) groups is 1. The van der Waals surface area contributed by atoms with Crippen LogP contribution in [0.1, 0.15) is 31.9 Å². The molecule has 2 N–H and O–H groups in total. The molecule has 2 rings (SSSR count). The van der Waals surface area contributed by atoms with E-state index in [4.69, 9.17) is 11.6 Å². The largest absolute Gasteiger partial charge is 0.323 e. The Bertz CT molecular complexity index is 419. The van der Waals surface area contributed by atoms with Crippen LogP contribution in [-0.2, 0) is 4.79 Å². The molecule has 86 valence electrons. The molecular weight excluding hydrogens is 224 g/mol. The molecule has 4 heteroatoms. The molecule has 0 fully saturated rings. The van der Waals surface area contributed by atoms with E-state index < -0.39 is 0 Å². The standard InChI is InChI=1S/C12H15ClN2O/c1-3-7(2)14-11-8-5-4-6-9(13)10(8)15-12(11)16/h4-7,11,14H,3H2,1-2H3,(H,15,16). The van der Waals surface area contributed by atoms with Crippen LogP contribution in [0, 0.1) is 0 Å². The Labute approximate surface area is 100 Å². The zero-order valence-electron chi connectivity index (χ0n) is 9.38. The van der Waals surface area contributed by atoms with E-state index in [1.807, 2.05) is 12.1 Å². The van der Waals surface area contributed by atoms with Crippen LogP contribution in [-0.4, -0.2) is 11.9 Å². The predicted molar refractivity (Wildman–Crippen MR) is 65.7 cm³/mol. The molecule has 1 aromatic carbocycles. The first-order valence-electron chi connectivity index (χ1n) is 5.48. The number of fused-ring (bicyclic) bond motifs is 1. The van der Waals surface area contributed by atoms with E-state index in [1.54, 1.807) is 6.07 Å². The van der Waals surface area contributed by atoms with Gasteiger partial charge >= 0.3 is 0 Å². The first kappa shape index (κ1) is 11.4. The van der Waals surface area contributed by atoms with Crippen molar-refractivity contribution >= 4 is 23.2 Å². The second-order valence-corrected chi connectivity index (χ2v) is 4.51. The number of nitrogens with one attached hydrogen (secondary N) is 2. The van der Waals surface area contributed by atoms with Gasteiger partial charge in [-0.05, 0) is 19.4 Å². The third-order valence-corrected chi connectivity index (χ3v) is 3.25. The topological polar surface area (TPSA) is 41.1 Å². The summed E-state index contributed by atoms with van der Waals surface area (Å²) in [6.45, 7) is 4.15. The molecule has 2 unspecified atom stereocenters. The van der Waals surface area contributed by atoms with Crippen LogP contribution >= 0.6 is 11.6 Å². The second-order valence-electron chi connectivity index (χ2n) is 4.10. The molecular formula is C12H15ClN2O. The first-order valence-corrected chi connectivity index (χ1v) is 5.86. The number of hydrogen-bond acceptors (Lipinski definition) is 2. The highest BCUT2D eigenvalue weighted by atomic mass is 35.5. The molecule has 1 aliphatic heterocycles. The zero-order valence-corrected chi connectivity index (χ0v) is 10.1. The lowest BCUT2D eigenvalue weighted by Gasteiger charge is -2.16. The Morgan fingerprint density at radius 2 is 2.31 bits per heavy atom. The van der Waals surface area contributed by atoms with Crippen LogP contribution in [0.5, 0.6) is 0 Å². The van der Waals surface area contributed by atoms with Crippen LogP contribution in [0.2, 0.25) is 5.02 Å². The van der Waals surface area contributed by atoms with Crippen molar-refractivity contribution in [2.75, 3.05) is 5.32 Å². The summed E-state index contributed by atoms with van der Waals surface area (Å²) in [4.78, 5) is 11.8. The number of halogens is 1. The molecule has 1 amide bonds. The van der Waals surface area contributed by atoms with E-state index in [-0.39, 0.29) is 11.9 Å². The lowest BCUT2D eigenvalue weighted by molar-refractivity contribution is -0.117. The number of carbonyl (C=O) groups excluding carboxylic acids is 1. The maximum absolute atomic E-state index is 11.8. The highest BCUT2D eigenvalue weighted by Crippen LogP contribution is 2.36. The molecule has 3 nitrogen and oxygen atoms in total. The van der Waals surface area contributed by atoms with Crippen molar-refractivity contribution in [3.63, 3.8) is 0 Å². The normalized spacial score (nSPS) is 20.4. The van der Waals surface area contributed by atoms with E-state index in [0.717, 1.165) is 17.7 Å². The maximum atomic E-state index is 11.8. The molecule has 1 heterocycles. The molecule has 2 atom stereocenters. The molecule has 1 aromatic rings. The van der Waals surface area contributed by atoms with Crippen molar-refractivity contribution in [2.45, 2.75) is 32.4 Å². The van der Waals surface area contributed by atoms with Gasteiger partial charge in [-0.3, -0.25) is 10.1 Å². The molecule has 0 saturated heterocycles. The van der Waals surface area contributed by atoms with Gasteiger partial charge in [0.05, 0.1) is 10.7 Å². The van der Waals surface area contributed by atoms with E-state index in [9.17, 15) is 4.79 Å². The second kappa shape index (κ2) is 4.44. The summed E-state index contributed by atoms with van der Waals surface area (Å²) in [6.07, 6.45) is 0.986. The summed E-state index contributed by atoms with van der Waals surface area (Å²) in [5, 5.41) is 6.70. The molecule has 0 spiro atoms. The minimum atomic E-state index is -0.274. The minimum absolute atomic E-state index is 0.0246. The highest BCUT2D eigenvalue weighted by molar-refractivity contribution is 6.34.